The highest BCUT2D eigenvalue weighted by molar-refractivity contribution is 7.17. The van der Waals surface area contributed by atoms with Gasteiger partial charge in [-0.3, -0.25) is 0 Å². The van der Waals surface area contributed by atoms with E-state index in [9.17, 15) is 0 Å². The molecule has 4 rings (SSSR count). The number of thiophene rings is 1. The number of aromatic nitrogens is 2. The van der Waals surface area contributed by atoms with Crippen LogP contribution in [0.4, 0.5) is 11.5 Å². The topological polar surface area (TPSA) is 37.8 Å². The number of hydrogen-bond acceptors (Lipinski definition) is 4. The lowest BCUT2D eigenvalue weighted by molar-refractivity contribution is 0.867. The lowest BCUT2D eigenvalue weighted by Crippen LogP contribution is -1.95. The van der Waals surface area contributed by atoms with Gasteiger partial charge in [-0.05, 0) is 29.2 Å². The molecule has 0 radical (unpaired) electrons. The van der Waals surface area contributed by atoms with Gasteiger partial charge in [-0.25, -0.2) is 9.97 Å². The molecule has 0 saturated carbocycles. The summed E-state index contributed by atoms with van der Waals surface area (Å²) in [4.78, 5) is 9.93. The first-order valence-electron chi connectivity index (χ1n) is 8.37. The minimum absolute atomic E-state index is 0.534. The molecule has 3 nitrogen and oxygen atoms in total. The lowest BCUT2D eigenvalue weighted by Gasteiger charge is -2.09. The Balaban J connectivity index is 1.80. The van der Waals surface area contributed by atoms with Gasteiger partial charge in [0.15, 0.2) is 0 Å². The molecule has 25 heavy (non-hydrogen) atoms. The SMILES string of the molecule is CC(C)c1ccc(-c2csc3ncnc(Nc4ccccc4)c23)cc1. The predicted molar refractivity (Wildman–Crippen MR) is 107 cm³/mol. The summed E-state index contributed by atoms with van der Waals surface area (Å²) >= 11 is 1.65. The quantitative estimate of drug-likeness (QED) is 0.477. The summed E-state index contributed by atoms with van der Waals surface area (Å²) in [5, 5.41) is 6.67. The maximum atomic E-state index is 4.49. The summed E-state index contributed by atoms with van der Waals surface area (Å²) in [6.07, 6.45) is 1.62. The highest BCUT2D eigenvalue weighted by Gasteiger charge is 2.13. The van der Waals surface area contributed by atoms with Gasteiger partial charge in [0.2, 0.25) is 0 Å². The van der Waals surface area contributed by atoms with Gasteiger partial charge in [0.1, 0.15) is 17.0 Å². The minimum atomic E-state index is 0.534. The minimum Gasteiger partial charge on any atom is -0.340 e. The van der Waals surface area contributed by atoms with E-state index in [2.05, 4.69) is 58.8 Å². The van der Waals surface area contributed by atoms with E-state index in [1.165, 1.54) is 16.7 Å². The van der Waals surface area contributed by atoms with Crippen LogP contribution in [-0.4, -0.2) is 9.97 Å². The first-order chi connectivity index (χ1) is 12.2. The van der Waals surface area contributed by atoms with Crippen LogP contribution in [0.15, 0.2) is 66.3 Å². The number of fused-ring (bicyclic) bond motifs is 1. The molecule has 124 valence electrons. The zero-order chi connectivity index (χ0) is 17.2. The van der Waals surface area contributed by atoms with Gasteiger partial charge in [-0.15, -0.1) is 11.3 Å². The third-order valence-corrected chi connectivity index (χ3v) is 5.18. The van der Waals surface area contributed by atoms with E-state index in [4.69, 9.17) is 0 Å². The third kappa shape index (κ3) is 3.13. The van der Waals surface area contributed by atoms with Gasteiger partial charge in [0.05, 0.1) is 5.39 Å². The molecule has 0 aliphatic carbocycles. The molecule has 0 amide bonds. The molecule has 0 aliphatic heterocycles. The van der Waals surface area contributed by atoms with Crippen LogP contribution in [0.2, 0.25) is 0 Å². The standard InChI is InChI=1S/C21H19N3S/c1-14(2)15-8-10-16(11-9-15)18-12-25-21-19(18)20(22-13-23-21)24-17-6-4-3-5-7-17/h3-14H,1-2H3,(H,22,23,24). The van der Waals surface area contributed by atoms with Crippen molar-refractivity contribution < 1.29 is 0 Å². The summed E-state index contributed by atoms with van der Waals surface area (Å²) in [6, 6.07) is 18.9. The van der Waals surface area contributed by atoms with Crippen molar-refractivity contribution in [2.24, 2.45) is 0 Å². The molecule has 0 spiro atoms. The largest absolute Gasteiger partial charge is 0.340 e. The lowest BCUT2D eigenvalue weighted by atomic mass is 9.99. The average molecular weight is 345 g/mol. The molecule has 2 aromatic carbocycles. The number of para-hydroxylation sites is 1. The molecule has 2 heterocycles. The Bertz CT molecular complexity index is 989. The van der Waals surface area contributed by atoms with E-state index in [0.717, 1.165) is 21.7 Å². The van der Waals surface area contributed by atoms with Gasteiger partial charge in [0, 0.05) is 16.6 Å². The Morgan fingerprint density at radius 2 is 1.68 bits per heavy atom. The number of rotatable bonds is 4. The molecule has 0 bridgehead atoms. The summed E-state index contributed by atoms with van der Waals surface area (Å²) in [5.41, 5.74) is 4.74. The molecule has 4 aromatic rings. The van der Waals surface area contributed by atoms with E-state index < -0.39 is 0 Å². The molecule has 2 aromatic heterocycles. The van der Waals surface area contributed by atoms with Crippen LogP contribution >= 0.6 is 11.3 Å². The molecule has 0 aliphatic rings. The van der Waals surface area contributed by atoms with Crippen molar-refractivity contribution in [3.05, 3.63) is 71.9 Å². The molecular weight excluding hydrogens is 326 g/mol. The van der Waals surface area contributed by atoms with Crippen molar-refractivity contribution in [2.75, 3.05) is 5.32 Å². The van der Waals surface area contributed by atoms with Gasteiger partial charge < -0.3 is 5.32 Å². The van der Waals surface area contributed by atoms with Crippen LogP contribution in [0.1, 0.15) is 25.3 Å². The second kappa shape index (κ2) is 6.65. The van der Waals surface area contributed by atoms with Crippen molar-refractivity contribution in [1.82, 2.24) is 9.97 Å². The Kier molecular flexibility index (Phi) is 4.20. The van der Waals surface area contributed by atoms with E-state index in [1.807, 2.05) is 30.3 Å². The number of hydrogen-bond donors (Lipinski definition) is 1. The van der Waals surface area contributed by atoms with Crippen LogP contribution in [-0.2, 0) is 0 Å². The zero-order valence-electron chi connectivity index (χ0n) is 14.2. The molecule has 0 fully saturated rings. The fraction of sp³-hybridized carbons (Fsp3) is 0.143. The van der Waals surface area contributed by atoms with Crippen LogP contribution in [0.3, 0.4) is 0 Å². The molecule has 1 N–H and O–H groups in total. The van der Waals surface area contributed by atoms with Gasteiger partial charge in [-0.2, -0.15) is 0 Å². The Hall–Kier alpha value is -2.72. The van der Waals surface area contributed by atoms with Crippen molar-refractivity contribution in [1.29, 1.82) is 0 Å². The van der Waals surface area contributed by atoms with Crippen LogP contribution in [0.5, 0.6) is 0 Å². The van der Waals surface area contributed by atoms with Gasteiger partial charge in [0.25, 0.3) is 0 Å². The van der Waals surface area contributed by atoms with Gasteiger partial charge in [-0.1, -0.05) is 56.3 Å². The second-order valence-corrected chi connectivity index (χ2v) is 7.18. The van der Waals surface area contributed by atoms with Crippen LogP contribution in [0.25, 0.3) is 21.3 Å². The van der Waals surface area contributed by atoms with Gasteiger partial charge >= 0.3 is 0 Å². The highest BCUT2D eigenvalue weighted by atomic mass is 32.1. The fourth-order valence-electron chi connectivity index (χ4n) is 2.89. The van der Waals surface area contributed by atoms with E-state index in [-0.39, 0.29) is 0 Å². The second-order valence-electron chi connectivity index (χ2n) is 6.32. The molecular formula is C21H19N3S. The zero-order valence-corrected chi connectivity index (χ0v) is 15.0. The van der Waals surface area contributed by atoms with Crippen molar-refractivity contribution in [3.8, 4) is 11.1 Å². The summed E-state index contributed by atoms with van der Waals surface area (Å²) in [7, 11) is 0. The number of nitrogens with zero attached hydrogens (tertiary/aromatic N) is 2. The monoisotopic (exact) mass is 345 g/mol. The van der Waals surface area contributed by atoms with E-state index in [1.54, 1.807) is 17.7 Å². The van der Waals surface area contributed by atoms with Crippen molar-refractivity contribution in [3.63, 3.8) is 0 Å². The summed E-state index contributed by atoms with van der Waals surface area (Å²) in [5.74, 6) is 1.38. The summed E-state index contributed by atoms with van der Waals surface area (Å²) < 4.78 is 0. The first kappa shape index (κ1) is 15.8. The van der Waals surface area contributed by atoms with Crippen molar-refractivity contribution in [2.45, 2.75) is 19.8 Å². The molecule has 4 heteroatoms. The molecule has 0 saturated heterocycles. The maximum absolute atomic E-state index is 4.49. The first-order valence-corrected chi connectivity index (χ1v) is 9.25. The smallest absolute Gasteiger partial charge is 0.143 e. The Morgan fingerprint density at radius 3 is 2.40 bits per heavy atom. The Morgan fingerprint density at radius 1 is 0.920 bits per heavy atom. The Labute approximate surface area is 151 Å². The van der Waals surface area contributed by atoms with E-state index >= 15 is 0 Å². The molecule has 0 atom stereocenters. The summed E-state index contributed by atoms with van der Waals surface area (Å²) in [6.45, 7) is 4.43. The number of nitrogens with one attached hydrogen (secondary N) is 1. The third-order valence-electron chi connectivity index (χ3n) is 4.30. The fourth-order valence-corrected chi connectivity index (χ4v) is 3.80. The number of benzene rings is 2. The predicted octanol–water partition coefficient (Wildman–Crippen LogP) is 6.23. The maximum Gasteiger partial charge on any atom is 0.143 e. The van der Waals surface area contributed by atoms with E-state index in [0.29, 0.717) is 5.92 Å². The average Bonchev–Trinajstić information content (AvgIpc) is 3.08. The number of anilines is 2. The van der Waals surface area contributed by atoms with Crippen LogP contribution in [0, 0.1) is 0 Å². The van der Waals surface area contributed by atoms with Crippen molar-refractivity contribution >= 4 is 33.1 Å². The highest BCUT2D eigenvalue weighted by Crippen LogP contribution is 2.37. The molecule has 0 unspecified atom stereocenters. The normalized spacial score (nSPS) is 11.2. The van der Waals surface area contributed by atoms with Crippen LogP contribution < -0.4 is 5.32 Å².